The van der Waals surface area contributed by atoms with E-state index in [-0.39, 0.29) is 14.9 Å². The maximum atomic E-state index is 12.4. The zero-order valence-corrected chi connectivity index (χ0v) is 13.1. The van der Waals surface area contributed by atoms with Gasteiger partial charge in [0.1, 0.15) is 5.01 Å². The van der Waals surface area contributed by atoms with Gasteiger partial charge in [0.15, 0.2) is 0 Å². The normalized spacial score (nSPS) is 11.3. The van der Waals surface area contributed by atoms with Crippen molar-refractivity contribution in [1.29, 1.82) is 0 Å². The Morgan fingerprint density at radius 2 is 1.61 bits per heavy atom. The van der Waals surface area contributed by atoms with Crippen molar-refractivity contribution in [2.75, 3.05) is 0 Å². The lowest BCUT2D eigenvalue weighted by Gasteiger charge is -1.98. The van der Waals surface area contributed by atoms with Crippen molar-refractivity contribution in [3.8, 4) is 10.6 Å². The highest BCUT2D eigenvalue weighted by Crippen LogP contribution is 2.30. The molecule has 0 aliphatic heterocycles. The highest BCUT2D eigenvalue weighted by molar-refractivity contribution is 7.93. The summed E-state index contributed by atoms with van der Waals surface area (Å²) < 4.78 is 24.8. The van der Waals surface area contributed by atoms with Gasteiger partial charge in [0.05, 0.1) is 9.82 Å². The first kappa shape index (κ1) is 15.3. The lowest BCUT2D eigenvalue weighted by Crippen LogP contribution is -2.00. The first-order chi connectivity index (χ1) is 11.0. The molecule has 0 fully saturated rings. The third-order valence-electron chi connectivity index (χ3n) is 3.01. The minimum absolute atomic E-state index is 0.0459. The van der Waals surface area contributed by atoms with E-state index >= 15 is 0 Å². The monoisotopic (exact) mass is 347 g/mol. The molecule has 3 aromatic rings. The quantitative estimate of drug-likeness (QED) is 0.531. The second-order valence-electron chi connectivity index (χ2n) is 4.49. The maximum Gasteiger partial charge on any atom is 0.269 e. The summed E-state index contributed by atoms with van der Waals surface area (Å²) in [5, 5.41) is 18.6. The number of nitro benzene ring substituents is 1. The average Bonchev–Trinajstić information content (AvgIpc) is 3.06. The highest BCUT2D eigenvalue weighted by atomic mass is 32.2. The summed E-state index contributed by atoms with van der Waals surface area (Å²) in [5.74, 6) is 0. The maximum absolute atomic E-state index is 12.4. The van der Waals surface area contributed by atoms with Gasteiger partial charge in [-0.05, 0) is 24.3 Å². The number of rotatable bonds is 4. The Morgan fingerprint density at radius 1 is 0.957 bits per heavy atom. The fourth-order valence-corrected chi connectivity index (χ4v) is 4.27. The van der Waals surface area contributed by atoms with Gasteiger partial charge in [0, 0.05) is 17.7 Å². The van der Waals surface area contributed by atoms with Crippen LogP contribution in [0.1, 0.15) is 0 Å². The third-order valence-corrected chi connectivity index (χ3v) is 6.12. The smallest absolute Gasteiger partial charge is 0.258 e. The van der Waals surface area contributed by atoms with E-state index in [0.717, 1.165) is 11.3 Å². The predicted molar refractivity (Wildman–Crippen MR) is 83.9 cm³/mol. The Bertz CT molecular complexity index is 951. The molecule has 3 rings (SSSR count). The van der Waals surface area contributed by atoms with E-state index in [1.54, 1.807) is 18.2 Å². The molecule has 0 aliphatic carbocycles. The fraction of sp³-hybridized carbons (Fsp3) is 0. The Labute approximate surface area is 135 Å². The van der Waals surface area contributed by atoms with Crippen LogP contribution in [0.3, 0.4) is 0 Å². The highest BCUT2D eigenvalue weighted by Gasteiger charge is 2.23. The average molecular weight is 347 g/mol. The minimum atomic E-state index is -3.71. The van der Waals surface area contributed by atoms with Crippen molar-refractivity contribution >= 4 is 26.9 Å². The molecule has 116 valence electrons. The van der Waals surface area contributed by atoms with E-state index < -0.39 is 14.8 Å². The zero-order valence-electron chi connectivity index (χ0n) is 11.5. The van der Waals surface area contributed by atoms with Crippen molar-refractivity contribution in [3.63, 3.8) is 0 Å². The Kier molecular flexibility index (Phi) is 3.89. The number of hydrogen-bond donors (Lipinski definition) is 0. The van der Waals surface area contributed by atoms with Gasteiger partial charge in [-0.3, -0.25) is 10.1 Å². The first-order valence-electron chi connectivity index (χ1n) is 6.37. The van der Waals surface area contributed by atoms with Crippen LogP contribution in [-0.2, 0) is 9.84 Å². The molecule has 1 aromatic heterocycles. The molecule has 23 heavy (non-hydrogen) atoms. The van der Waals surface area contributed by atoms with E-state index in [4.69, 9.17) is 0 Å². The number of nitro groups is 1. The number of aromatic nitrogens is 2. The standard InChI is InChI=1S/C14H9N3O4S2/c18-17(19)11-8-6-10(7-9-11)13-15-16-14(22-13)23(20,21)12-4-2-1-3-5-12/h1-9H. The minimum Gasteiger partial charge on any atom is -0.258 e. The van der Waals surface area contributed by atoms with Crippen LogP contribution in [-0.4, -0.2) is 23.5 Å². The lowest BCUT2D eigenvalue weighted by atomic mass is 10.2. The number of benzene rings is 2. The van der Waals surface area contributed by atoms with Gasteiger partial charge in [0.2, 0.25) is 14.2 Å². The molecule has 7 nitrogen and oxygen atoms in total. The molecule has 0 unspecified atom stereocenters. The van der Waals surface area contributed by atoms with E-state index in [2.05, 4.69) is 10.2 Å². The SMILES string of the molecule is O=[N+]([O-])c1ccc(-c2nnc(S(=O)(=O)c3ccccc3)s2)cc1. The van der Waals surface area contributed by atoms with E-state index in [9.17, 15) is 18.5 Å². The fourth-order valence-electron chi connectivity index (χ4n) is 1.86. The zero-order chi connectivity index (χ0) is 16.4. The second kappa shape index (κ2) is 5.86. The van der Waals surface area contributed by atoms with Crippen molar-refractivity contribution in [2.45, 2.75) is 9.24 Å². The largest absolute Gasteiger partial charge is 0.269 e. The lowest BCUT2D eigenvalue weighted by molar-refractivity contribution is -0.384. The van der Waals surface area contributed by atoms with Crippen LogP contribution in [0.15, 0.2) is 63.8 Å². The summed E-state index contributed by atoms with van der Waals surface area (Å²) in [4.78, 5) is 10.3. The van der Waals surface area contributed by atoms with E-state index in [1.165, 1.54) is 36.4 Å². The van der Waals surface area contributed by atoms with Crippen LogP contribution in [0.4, 0.5) is 5.69 Å². The molecule has 0 saturated carbocycles. The van der Waals surface area contributed by atoms with Crippen LogP contribution in [0.5, 0.6) is 0 Å². The van der Waals surface area contributed by atoms with Crippen molar-refractivity contribution in [2.24, 2.45) is 0 Å². The summed E-state index contributed by atoms with van der Waals surface area (Å²) in [6.07, 6.45) is 0. The molecule has 0 bridgehead atoms. The predicted octanol–water partition coefficient (Wildman–Crippen LogP) is 2.95. The van der Waals surface area contributed by atoms with Crippen molar-refractivity contribution < 1.29 is 13.3 Å². The summed E-state index contributed by atoms with van der Waals surface area (Å²) in [6.45, 7) is 0. The molecule has 0 saturated heterocycles. The van der Waals surface area contributed by atoms with Crippen LogP contribution in [0.25, 0.3) is 10.6 Å². The molecule has 0 radical (unpaired) electrons. The van der Waals surface area contributed by atoms with E-state index in [1.807, 2.05) is 0 Å². The molecule has 0 aliphatic rings. The third kappa shape index (κ3) is 2.96. The van der Waals surface area contributed by atoms with Gasteiger partial charge in [0.25, 0.3) is 5.69 Å². The first-order valence-corrected chi connectivity index (χ1v) is 8.67. The summed E-state index contributed by atoms with van der Waals surface area (Å²) >= 11 is 0.922. The molecule has 0 spiro atoms. The number of nitrogens with zero attached hydrogens (tertiary/aromatic N) is 3. The van der Waals surface area contributed by atoms with E-state index in [0.29, 0.717) is 10.6 Å². The van der Waals surface area contributed by atoms with Gasteiger partial charge in [-0.1, -0.05) is 29.5 Å². The molecular formula is C14H9N3O4S2. The van der Waals surface area contributed by atoms with Crippen LogP contribution < -0.4 is 0 Å². The molecule has 0 atom stereocenters. The second-order valence-corrected chi connectivity index (χ2v) is 7.59. The Balaban J connectivity index is 1.96. The number of sulfone groups is 1. The van der Waals surface area contributed by atoms with Crippen LogP contribution in [0.2, 0.25) is 0 Å². The van der Waals surface area contributed by atoms with Gasteiger partial charge in [-0.2, -0.15) is 0 Å². The number of hydrogen-bond acceptors (Lipinski definition) is 7. The van der Waals surface area contributed by atoms with Crippen LogP contribution >= 0.6 is 11.3 Å². The Morgan fingerprint density at radius 3 is 2.22 bits per heavy atom. The van der Waals surface area contributed by atoms with Crippen molar-refractivity contribution in [1.82, 2.24) is 10.2 Å². The summed E-state index contributed by atoms with van der Waals surface area (Å²) in [6, 6.07) is 13.7. The van der Waals surface area contributed by atoms with Gasteiger partial charge >= 0.3 is 0 Å². The molecular weight excluding hydrogens is 338 g/mol. The number of non-ortho nitro benzene ring substituents is 1. The van der Waals surface area contributed by atoms with Gasteiger partial charge in [-0.15, -0.1) is 10.2 Å². The topological polar surface area (TPSA) is 103 Å². The molecule has 2 aromatic carbocycles. The Hall–Kier alpha value is -2.65. The molecule has 0 amide bonds. The molecule has 9 heteroatoms. The summed E-state index contributed by atoms with van der Waals surface area (Å²) in [5.41, 5.74) is 0.526. The van der Waals surface area contributed by atoms with Gasteiger partial charge in [-0.25, -0.2) is 8.42 Å². The van der Waals surface area contributed by atoms with Gasteiger partial charge < -0.3 is 0 Å². The summed E-state index contributed by atoms with van der Waals surface area (Å²) in [7, 11) is -3.71. The molecule has 1 heterocycles. The van der Waals surface area contributed by atoms with Crippen molar-refractivity contribution in [3.05, 3.63) is 64.7 Å². The molecule has 0 N–H and O–H groups in total. The van der Waals surface area contributed by atoms with Crippen LogP contribution in [0, 0.1) is 10.1 Å².